The second-order valence-electron chi connectivity index (χ2n) is 4.68. The second-order valence-corrected chi connectivity index (χ2v) is 4.68. The van der Waals surface area contributed by atoms with Gasteiger partial charge in [0.05, 0.1) is 6.54 Å². The molecule has 6 nitrogen and oxygen atoms in total. The fourth-order valence-electron chi connectivity index (χ4n) is 2.23. The summed E-state index contributed by atoms with van der Waals surface area (Å²) in [6, 6.07) is 5.78. The number of aromatic hydroxyl groups is 1. The SMILES string of the molecule is O=C(NCC(=O)N1CCCC1[B]O)c1ccc(O)cc1. The zero-order valence-corrected chi connectivity index (χ0v) is 11.0. The first-order valence-electron chi connectivity index (χ1n) is 6.46. The highest BCUT2D eigenvalue weighted by molar-refractivity contribution is 6.28. The lowest BCUT2D eigenvalue weighted by atomic mass is 9.86. The molecule has 0 aliphatic carbocycles. The number of amides is 2. The van der Waals surface area contributed by atoms with E-state index >= 15 is 0 Å². The average Bonchev–Trinajstić information content (AvgIpc) is 2.93. The van der Waals surface area contributed by atoms with Gasteiger partial charge in [-0.15, -0.1) is 0 Å². The Kier molecular flexibility index (Phi) is 4.63. The maximum Gasteiger partial charge on any atom is 0.312 e. The molecular formula is C13H16BN2O4. The van der Waals surface area contributed by atoms with Gasteiger partial charge in [0.25, 0.3) is 5.91 Å². The minimum Gasteiger partial charge on any atom is -0.508 e. The molecular weight excluding hydrogens is 259 g/mol. The number of benzene rings is 1. The molecule has 1 unspecified atom stereocenters. The molecule has 1 aromatic rings. The van der Waals surface area contributed by atoms with Crippen LogP contribution in [0.15, 0.2) is 24.3 Å². The van der Waals surface area contributed by atoms with Crippen molar-refractivity contribution in [2.75, 3.05) is 13.1 Å². The topological polar surface area (TPSA) is 89.9 Å². The molecule has 7 heteroatoms. The first kappa shape index (κ1) is 14.4. The van der Waals surface area contributed by atoms with E-state index in [0.717, 1.165) is 20.3 Å². The Hall–Kier alpha value is -2.02. The third-order valence-electron chi connectivity index (χ3n) is 3.32. The van der Waals surface area contributed by atoms with Gasteiger partial charge in [-0.2, -0.15) is 0 Å². The van der Waals surface area contributed by atoms with Gasteiger partial charge in [0.15, 0.2) is 0 Å². The van der Waals surface area contributed by atoms with E-state index in [1.54, 1.807) is 4.90 Å². The number of nitrogens with zero attached hydrogens (tertiary/aromatic N) is 1. The number of phenols is 1. The molecule has 2 rings (SSSR count). The van der Waals surface area contributed by atoms with Crippen molar-refractivity contribution in [3.8, 4) is 5.75 Å². The first-order valence-corrected chi connectivity index (χ1v) is 6.46. The highest BCUT2D eigenvalue weighted by Crippen LogP contribution is 2.15. The Morgan fingerprint density at radius 2 is 2.05 bits per heavy atom. The van der Waals surface area contributed by atoms with Gasteiger partial charge in [0.1, 0.15) is 5.75 Å². The quantitative estimate of drug-likeness (QED) is 0.657. The Balaban J connectivity index is 1.87. The summed E-state index contributed by atoms with van der Waals surface area (Å²) in [6.45, 7) is 0.486. The van der Waals surface area contributed by atoms with E-state index in [1.807, 2.05) is 0 Å². The van der Waals surface area contributed by atoms with Crippen LogP contribution >= 0.6 is 0 Å². The number of hydrogen-bond donors (Lipinski definition) is 3. The minimum absolute atomic E-state index is 0.0796. The van der Waals surface area contributed by atoms with Crippen LogP contribution in [0.2, 0.25) is 0 Å². The lowest BCUT2D eigenvalue weighted by Gasteiger charge is -2.22. The molecule has 1 atom stereocenters. The van der Waals surface area contributed by atoms with Gasteiger partial charge in [0, 0.05) is 18.0 Å². The van der Waals surface area contributed by atoms with Crippen LogP contribution in [-0.4, -0.2) is 53.4 Å². The molecule has 0 spiro atoms. The van der Waals surface area contributed by atoms with Crippen molar-refractivity contribution in [3.63, 3.8) is 0 Å². The summed E-state index contributed by atoms with van der Waals surface area (Å²) in [4.78, 5) is 25.3. The highest BCUT2D eigenvalue weighted by atomic mass is 16.3. The summed E-state index contributed by atoms with van der Waals surface area (Å²) < 4.78 is 0. The van der Waals surface area contributed by atoms with Gasteiger partial charge < -0.3 is 20.3 Å². The van der Waals surface area contributed by atoms with E-state index in [2.05, 4.69) is 5.32 Å². The van der Waals surface area contributed by atoms with Gasteiger partial charge in [0.2, 0.25) is 5.91 Å². The predicted octanol–water partition coefficient (Wildman–Crippen LogP) is -0.318. The van der Waals surface area contributed by atoms with Crippen molar-refractivity contribution >= 4 is 19.3 Å². The van der Waals surface area contributed by atoms with E-state index in [1.165, 1.54) is 24.3 Å². The predicted molar refractivity (Wildman–Crippen MR) is 73.1 cm³/mol. The smallest absolute Gasteiger partial charge is 0.312 e. The number of hydrogen-bond acceptors (Lipinski definition) is 4. The molecule has 1 heterocycles. The molecule has 1 radical (unpaired) electrons. The van der Waals surface area contributed by atoms with E-state index in [4.69, 9.17) is 10.1 Å². The zero-order valence-electron chi connectivity index (χ0n) is 11.0. The number of phenolic OH excluding ortho intramolecular Hbond substituents is 1. The van der Waals surface area contributed by atoms with Crippen molar-refractivity contribution in [3.05, 3.63) is 29.8 Å². The fraction of sp³-hybridized carbons (Fsp3) is 0.385. The Morgan fingerprint density at radius 3 is 2.70 bits per heavy atom. The number of likely N-dealkylation sites (tertiary alicyclic amines) is 1. The molecule has 1 aliphatic heterocycles. The van der Waals surface area contributed by atoms with E-state index in [9.17, 15) is 9.59 Å². The molecule has 0 aromatic heterocycles. The lowest BCUT2D eigenvalue weighted by molar-refractivity contribution is -0.129. The van der Waals surface area contributed by atoms with Crippen LogP contribution in [0.25, 0.3) is 0 Å². The van der Waals surface area contributed by atoms with Gasteiger partial charge in [-0.3, -0.25) is 9.59 Å². The minimum atomic E-state index is -0.373. The van der Waals surface area contributed by atoms with E-state index in [0.29, 0.717) is 12.1 Å². The van der Waals surface area contributed by atoms with Crippen molar-refractivity contribution in [2.45, 2.75) is 18.8 Å². The standard InChI is InChI=1S/C13H16BN2O4/c17-10-5-3-9(4-6-10)13(19)15-8-12(18)16-7-1-2-11(16)14-20/h3-6,11,17,20H,1-2,7-8H2,(H,15,19). The van der Waals surface area contributed by atoms with Crippen molar-refractivity contribution in [1.29, 1.82) is 0 Å². The largest absolute Gasteiger partial charge is 0.508 e. The lowest BCUT2D eigenvalue weighted by Crippen LogP contribution is -2.44. The Morgan fingerprint density at radius 1 is 1.35 bits per heavy atom. The van der Waals surface area contributed by atoms with Crippen molar-refractivity contribution in [1.82, 2.24) is 10.2 Å². The van der Waals surface area contributed by atoms with Crippen LogP contribution in [-0.2, 0) is 4.79 Å². The third kappa shape index (κ3) is 3.30. The van der Waals surface area contributed by atoms with E-state index in [-0.39, 0.29) is 30.0 Å². The summed E-state index contributed by atoms with van der Waals surface area (Å²) in [5.41, 5.74) is 0.377. The maximum atomic E-state index is 11.9. The Labute approximate surface area is 117 Å². The van der Waals surface area contributed by atoms with Crippen LogP contribution in [0.1, 0.15) is 23.2 Å². The monoisotopic (exact) mass is 275 g/mol. The summed E-state index contributed by atoms with van der Waals surface area (Å²) in [7, 11) is 1.02. The van der Waals surface area contributed by atoms with Crippen molar-refractivity contribution in [2.24, 2.45) is 0 Å². The van der Waals surface area contributed by atoms with Crippen LogP contribution in [0.3, 0.4) is 0 Å². The second kappa shape index (κ2) is 6.43. The van der Waals surface area contributed by atoms with Gasteiger partial charge in [-0.25, -0.2) is 0 Å². The van der Waals surface area contributed by atoms with Crippen LogP contribution in [0.5, 0.6) is 5.75 Å². The average molecular weight is 275 g/mol. The molecule has 3 N–H and O–H groups in total. The number of carbonyl (C=O) groups excluding carboxylic acids is 2. The molecule has 0 bridgehead atoms. The highest BCUT2D eigenvalue weighted by Gasteiger charge is 2.28. The molecule has 1 aromatic carbocycles. The number of nitrogens with one attached hydrogen (secondary N) is 1. The van der Waals surface area contributed by atoms with Gasteiger partial charge in [-0.05, 0) is 37.1 Å². The Bertz CT molecular complexity index is 492. The molecule has 1 saturated heterocycles. The molecule has 20 heavy (non-hydrogen) atoms. The third-order valence-corrected chi connectivity index (χ3v) is 3.32. The molecule has 0 saturated carbocycles. The first-order chi connectivity index (χ1) is 9.61. The summed E-state index contributed by atoms with van der Waals surface area (Å²) in [5.74, 6) is -0.768. The number of carbonyl (C=O) groups is 2. The summed E-state index contributed by atoms with van der Waals surface area (Å²) in [5, 5.41) is 20.7. The normalized spacial score (nSPS) is 17.9. The zero-order chi connectivity index (χ0) is 14.5. The number of rotatable bonds is 4. The van der Waals surface area contributed by atoms with Crippen LogP contribution in [0, 0.1) is 0 Å². The van der Waals surface area contributed by atoms with Gasteiger partial charge in [-0.1, -0.05) is 0 Å². The molecule has 105 valence electrons. The maximum absolute atomic E-state index is 11.9. The van der Waals surface area contributed by atoms with Crippen LogP contribution in [0.4, 0.5) is 0 Å². The fourth-order valence-corrected chi connectivity index (χ4v) is 2.23. The molecule has 1 aliphatic rings. The van der Waals surface area contributed by atoms with Crippen LogP contribution < -0.4 is 5.32 Å². The molecule has 1 fully saturated rings. The molecule has 2 amide bonds. The van der Waals surface area contributed by atoms with E-state index < -0.39 is 0 Å². The summed E-state index contributed by atoms with van der Waals surface area (Å²) >= 11 is 0. The summed E-state index contributed by atoms with van der Waals surface area (Å²) in [6.07, 6.45) is 1.59. The van der Waals surface area contributed by atoms with Crippen molar-refractivity contribution < 1.29 is 19.7 Å². The van der Waals surface area contributed by atoms with Gasteiger partial charge >= 0.3 is 7.48 Å².